The van der Waals surface area contributed by atoms with Crippen LogP contribution in [0.3, 0.4) is 0 Å². The first-order valence-electron chi connectivity index (χ1n) is 7.37. The molecule has 0 aliphatic carbocycles. The third kappa shape index (κ3) is 3.87. The van der Waals surface area contributed by atoms with Crippen molar-refractivity contribution >= 4 is 21.5 Å². The van der Waals surface area contributed by atoms with Gasteiger partial charge in [-0.1, -0.05) is 19.8 Å². The lowest BCUT2D eigenvalue weighted by Crippen LogP contribution is -2.45. The molecule has 0 fully saturated rings. The average molecular weight is 343 g/mol. The third-order valence-electron chi connectivity index (χ3n) is 3.67. The molecule has 0 aromatic heterocycles. The minimum atomic E-state index is -4.03. The number of ether oxygens (including phenoxy) is 1. The maximum Gasteiger partial charge on any atom is 0.327 e. The van der Waals surface area contributed by atoms with Gasteiger partial charge in [0.2, 0.25) is 0 Å². The summed E-state index contributed by atoms with van der Waals surface area (Å²) in [4.78, 5) is 22.2. The Morgan fingerprint density at radius 1 is 1.26 bits per heavy atom. The molecule has 0 saturated heterocycles. The van der Waals surface area contributed by atoms with Crippen molar-refractivity contribution in [3.63, 3.8) is 0 Å². The minimum absolute atomic E-state index is 0.0797. The Labute approximate surface area is 135 Å². The van der Waals surface area contributed by atoms with Gasteiger partial charge in [0.15, 0.2) is 14.6 Å². The van der Waals surface area contributed by atoms with E-state index in [1.54, 1.807) is 6.92 Å². The number of carbonyl (C=O) groups excluding carboxylic acids is 1. The van der Waals surface area contributed by atoms with Crippen LogP contribution >= 0.6 is 0 Å². The SMILES string of the molecule is CCCCC(C)(C(=O)OCC)S(=O)(=O)c1ccc([N+](=O)[O-])cc1. The Morgan fingerprint density at radius 2 is 1.83 bits per heavy atom. The molecule has 23 heavy (non-hydrogen) atoms. The number of rotatable bonds is 8. The third-order valence-corrected chi connectivity index (χ3v) is 6.12. The number of unbranched alkanes of at least 4 members (excludes halogenated alkanes) is 1. The number of nitrogens with zero attached hydrogens (tertiary/aromatic N) is 1. The van der Waals surface area contributed by atoms with Crippen molar-refractivity contribution in [1.82, 2.24) is 0 Å². The smallest absolute Gasteiger partial charge is 0.327 e. The highest BCUT2D eigenvalue weighted by Gasteiger charge is 2.48. The maximum absolute atomic E-state index is 12.9. The Morgan fingerprint density at radius 3 is 2.26 bits per heavy atom. The molecule has 1 aromatic rings. The molecule has 0 heterocycles. The molecule has 1 atom stereocenters. The predicted molar refractivity (Wildman–Crippen MR) is 84.8 cm³/mol. The summed E-state index contributed by atoms with van der Waals surface area (Å²) in [7, 11) is -4.03. The molecule has 1 rings (SSSR count). The second-order valence-electron chi connectivity index (χ2n) is 5.31. The number of nitro benzene ring substituents is 1. The fourth-order valence-electron chi connectivity index (χ4n) is 2.15. The molecule has 0 aliphatic heterocycles. The highest BCUT2D eigenvalue weighted by Crippen LogP contribution is 2.32. The van der Waals surface area contributed by atoms with Crippen molar-refractivity contribution in [3.05, 3.63) is 34.4 Å². The number of sulfone groups is 1. The van der Waals surface area contributed by atoms with Gasteiger partial charge in [0.25, 0.3) is 5.69 Å². The monoisotopic (exact) mass is 343 g/mol. The Balaban J connectivity index is 3.31. The Bertz CT molecular complexity index is 668. The summed E-state index contributed by atoms with van der Waals surface area (Å²) >= 11 is 0. The van der Waals surface area contributed by atoms with Gasteiger partial charge in [0.05, 0.1) is 16.4 Å². The van der Waals surface area contributed by atoms with Crippen molar-refractivity contribution in [2.75, 3.05) is 6.61 Å². The zero-order chi connectivity index (χ0) is 17.7. The Hall–Kier alpha value is -1.96. The number of nitro groups is 1. The maximum atomic E-state index is 12.9. The van der Waals surface area contributed by atoms with E-state index in [-0.39, 0.29) is 23.6 Å². The van der Waals surface area contributed by atoms with Crippen LogP contribution in [0.1, 0.15) is 40.0 Å². The molecule has 7 nitrogen and oxygen atoms in total. The van der Waals surface area contributed by atoms with Crippen molar-refractivity contribution in [3.8, 4) is 0 Å². The minimum Gasteiger partial charge on any atom is -0.465 e. The fraction of sp³-hybridized carbons (Fsp3) is 0.533. The number of hydrogen-bond donors (Lipinski definition) is 0. The van der Waals surface area contributed by atoms with Crippen LogP contribution in [0, 0.1) is 10.1 Å². The molecular formula is C15H21NO6S. The van der Waals surface area contributed by atoms with E-state index in [4.69, 9.17) is 4.74 Å². The van der Waals surface area contributed by atoms with Gasteiger partial charge in [-0.15, -0.1) is 0 Å². The first kappa shape index (κ1) is 19.1. The standard InChI is InChI=1S/C15H21NO6S/c1-4-6-11-15(3,14(17)22-5-2)23(20,21)13-9-7-12(8-10-13)16(18)19/h7-10H,4-6,11H2,1-3H3. The fourth-order valence-corrected chi connectivity index (χ4v) is 3.86. The zero-order valence-electron chi connectivity index (χ0n) is 13.4. The van der Waals surface area contributed by atoms with E-state index in [0.717, 1.165) is 30.7 Å². The molecule has 1 aromatic carbocycles. The van der Waals surface area contributed by atoms with Gasteiger partial charge in [-0.2, -0.15) is 0 Å². The van der Waals surface area contributed by atoms with Crippen molar-refractivity contribution in [2.45, 2.75) is 49.7 Å². The van der Waals surface area contributed by atoms with E-state index in [9.17, 15) is 23.3 Å². The van der Waals surface area contributed by atoms with E-state index < -0.39 is 25.5 Å². The molecule has 0 amide bonds. The summed E-state index contributed by atoms with van der Waals surface area (Å²) < 4.78 is 29.0. The second kappa shape index (κ2) is 7.54. The van der Waals surface area contributed by atoms with Crippen LogP contribution in [0.2, 0.25) is 0 Å². The van der Waals surface area contributed by atoms with Crippen LogP contribution in [0.5, 0.6) is 0 Å². The van der Waals surface area contributed by atoms with E-state index in [1.165, 1.54) is 6.92 Å². The topological polar surface area (TPSA) is 104 Å². The van der Waals surface area contributed by atoms with Crippen LogP contribution in [0.4, 0.5) is 5.69 Å². The summed E-state index contributed by atoms with van der Waals surface area (Å²) in [6.45, 7) is 4.93. The van der Waals surface area contributed by atoms with Gasteiger partial charge in [-0.3, -0.25) is 14.9 Å². The summed E-state index contributed by atoms with van der Waals surface area (Å²) in [6, 6.07) is 4.52. The Kier molecular flexibility index (Phi) is 6.26. The van der Waals surface area contributed by atoms with Gasteiger partial charge < -0.3 is 4.74 Å². The number of benzene rings is 1. The summed E-state index contributed by atoms with van der Waals surface area (Å²) in [5, 5.41) is 10.7. The van der Waals surface area contributed by atoms with Crippen molar-refractivity contribution in [1.29, 1.82) is 0 Å². The lowest BCUT2D eigenvalue weighted by Gasteiger charge is -2.27. The molecule has 8 heteroatoms. The second-order valence-corrected chi connectivity index (χ2v) is 7.69. The van der Waals surface area contributed by atoms with Gasteiger partial charge in [0.1, 0.15) is 0 Å². The van der Waals surface area contributed by atoms with Gasteiger partial charge in [0, 0.05) is 12.1 Å². The molecule has 1 unspecified atom stereocenters. The average Bonchev–Trinajstić information content (AvgIpc) is 2.52. The molecule has 0 spiro atoms. The highest BCUT2D eigenvalue weighted by atomic mass is 32.2. The molecular weight excluding hydrogens is 322 g/mol. The van der Waals surface area contributed by atoms with Crippen LogP contribution in [0.15, 0.2) is 29.2 Å². The number of hydrogen-bond acceptors (Lipinski definition) is 6. The van der Waals surface area contributed by atoms with Crippen molar-refractivity contribution < 1.29 is 22.9 Å². The van der Waals surface area contributed by atoms with Gasteiger partial charge in [-0.05, 0) is 32.4 Å². The first-order chi connectivity index (χ1) is 10.7. The lowest BCUT2D eigenvalue weighted by molar-refractivity contribution is -0.384. The van der Waals surface area contributed by atoms with Crippen LogP contribution < -0.4 is 0 Å². The summed E-state index contributed by atoms with van der Waals surface area (Å²) in [6.07, 6.45) is 1.40. The van der Waals surface area contributed by atoms with Crippen LogP contribution in [0.25, 0.3) is 0 Å². The van der Waals surface area contributed by atoms with Gasteiger partial charge in [-0.25, -0.2) is 8.42 Å². The normalized spacial score (nSPS) is 14.0. The molecule has 0 saturated carbocycles. The predicted octanol–water partition coefficient (Wildman–Crippen LogP) is 2.88. The number of carbonyl (C=O) groups is 1. The van der Waals surface area contributed by atoms with Gasteiger partial charge >= 0.3 is 5.97 Å². The van der Waals surface area contributed by atoms with E-state index in [0.29, 0.717) is 6.42 Å². The lowest BCUT2D eigenvalue weighted by atomic mass is 10.0. The summed E-state index contributed by atoms with van der Waals surface area (Å²) in [5.74, 6) is -0.799. The van der Waals surface area contributed by atoms with E-state index >= 15 is 0 Å². The largest absolute Gasteiger partial charge is 0.465 e. The van der Waals surface area contributed by atoms with Crippen molar-refractivity contribution in [2.24, 2.45) is 0 Å². The molecule has 0 N–H and O–H groups in total. The molecule has 0 bridgehead atoms. The van der Waals surface area contributed by atoms with Crippen LogP contribution in [-0.4, -0.2) is 30.7 Å². The first-order valence-corrected chi connectivity index (χ1v) is 8.85. The number of non-ortho nitro benzene ring substituents is 1. The molecule has 0 aliphatic rings. The summed E-state index contributed by atoms with van der Waals surface area (Å²) in [5.41, 5.74) is -0.213. The van der Waals surface area contributed by atoms with E-state index in [1.807, 2.05) is 6.92 Å². The molecule has 128 valence electrons. The zero-order valence-corrected chi connectivity index (χ0v) is 14.3. The molecule has 0 radical (unpaired) electrons. The quantitative estimate of drug-likeness (QED) is 0.408. The number of esters is 1. The highest BCUT2D eigenvalue weighted by molar-refractivity contribution is 7.93. The van der Waals surface area contributed by atoms with E-state index in [2.05, 4.69) is 0 Å². The van der Waals surface area contributed by atoms with Crippen LogP contribution in [-0.2, 0) is 19.4 Å².